The predicted octanol–water partition coefficient (Wildman–Crippen LogP) is 4.13. The van der Waals surface area contributed by atoms with E-state index in [0.29, 0.717) is 19.3 Å². The number of anilines is 1. The van der Waals surface area contributed by atoms with E-state index in [1.165, 1.54) is 18.4 Å². The Bertz CT molecular complexity index is 452. The van der Waals surface area contributed by atoms with Crippen LogP contribution >= 0.6 is 15.9 Å². The monoisotopic (exact) mass is 355 g/mol. The molecule has 118 valence electrons. The molecule has 0 aliphatic heterocycles. The van der Waals surface area contributed by atoms with Gasteiger partial charge in [-0.15, -0.1) is 0 Å². The van der Waals surface area contributed by atoms with Gasteiger partial charge in [-0.2, -0.15) is 0 Å². The number of rotatable bonds is 6. The molecule has 1 saturated carbocycles. The number of nitrogens with one attached hydrogen (secondary N) is 1. The minimum atomic E-state index is -0.472. The van der Waals surface area contributed by atoms with E-state index < -0.39 is 6.10 Å². The van der Waals surface area contributed by atoms with Crippen LogP contribution in [0.3, 0.4) is 0 Å². The average molecular weight is 356 g/mol. The summed E-state index contributed by atoms with van der Waals surface area (Å²) in [5, 5.41) is 13.4. The molecular weight excluding hydrogens is 330 g/mol. The summed E-state index contributed by atoms with van der Waals surface area (Å²) in [7, 11) is 0. The zero-order valence-corrected chi connectivity index (χ0v) is 14.5. The summed E-state index contributed by atoms with van der Waals surface area (Å²) in [6.07, 6.45) is 4.68. The van der Waals surface area contributed by atoms with Crippen LogP contribution in [-0.4, -0.2) is 30.5 Å². The van der Waals surface area contributed by atoms with E-state index in [9.17, 15) is 5.11 Å². The van der Waals surface area contributed by atoms with Crippen molar-refractivity contribution >= 4 is 21.6 Å². The van der Waals surface area contributed by atoms with E-state index >= 15 is 0 Å². The first-order valence-electron chi connectivity index (χ1n) is 7.84. The van der Waals surface area contributed by atoms with Gasteiger partial charge in [-0.1, -0.05) is 41.8 Å². The van der Waals surface area contributed by atoms with Crippen LogP contribution in [0.15, 0.2) is 22.7 Å². The fourth-order valence-corrected chi connectivity index (χ4v) is 3.21. The van der Waals surface area contributed by atoms with Crippen molar-refractivity contribution in [3.63, 3.8) is 0 Å². The van der Waals surface area contributed by atoms with Gasteiger partial charge in [0.25, 0.3) is 0 Å². The van der Waals surface area contributed by atoms with E-state index in [0.717, 1.165) is 28.9 Å². The molecule has 3 unspecified atom stereocenters. The van der Waals surface area contributed by atoms with Crippen molar-refractivity contribution in [1.29, 1.82) is 0 Å². The standard InChI is InChI=1S/C17H26BrNO2/c1-12-4-3-5-16(8-12)21-11-15(20)10-19-17-9-14(18)7-6-13(17)2/h6-7,9,12,15-16,19-20H,3-5,8,10-11H2,1-2H3. The van der Waals surface area contributed by atoms with Gasteiger partial charge < -0.3 is 15.2 Å². The Kier molecular flexibility index (Phi) is 6.52. The minimum Gasteiger partial charge on any atom is -0.389 e. The summed E-state index contributed by atoms with van der Waals surface area (Å²) in [5.41, 5.74) is 2.22. The Morgan fingerprint density at radius 2 is 2.24 bits per heavy atom. The second kappa shape index (κ2) is 8.16. The number of benzene rings is 1. The lowest BCUT2D eigenvalue weighted by Gasteiger charge is -2.27. The van der Waals surface area contributed by atoms with E-state index in [1.54, 1.807) is 0 Å². The van der Waals surface area contributed by atoms with Crippen LogP contribution < -0.4 is 5.32 Å². The minimum absolute atomic E-state index is 0.330. The molecule has 0 aromatic heterocycles. The normalized spacial score (nSPS) is 23.8. The number of ether oxygens (including phenoxy) is 1. The van der Waals surface area contributed by atoms with Crippen LogP contribution in [0.5, 0.6) is 0 Å². The van der Waals surface area contributed by atoms with Crippen molar-refractivity contribution in [2.45, 2.75) is 51.7 Å². The second-order valence-corrected chi connectivity index (χ2v) is 7.14. The van der Waals surface area contributed by atoms with E-state index in [-0.39, 0.29) is 0 Å². The van der Waals surface area contributed by atoms with Crippen molar-refractivity contribution in [2.24, 2.45) is 5.92 Å². The third kappa shape index (κ3) is 5.61. The van der Waals surface area contributed by atoms with Crippen LogP contribution in [0.2, 0.25) is 0 Å². The molecule has 3 atom stereocenters. The lowest BCUT2D eigenvalue weighted by atomic mass is 9.89. The first-order valence-corrected chi connectivity index (χ1v) is 8.63. The summed E-state index contributed by atoms with van der Waals surface area (Å²) in [4.78, 5) is 0. The van der Waals surface area contributed by atoms with E-state index in [4.69, 9.17) is 4.74 Å². The molecule has 4 heteroatoms. The number of halogens is 1. The maximum Gasteiger partial charge on any atom is 0.0945 e. The first-order chi connectivity index (χ1) is 10.0. The molecule has 1 aromatic carbocycles. The number of hydrogen-bond donors (Lipinski definition) is 2. The van der Waals surface area contributed by atoms with Gasteiger partial charge in [0.1, 0.15) is 0 Å². The van der Waals surface area contributed by atoms with Gasteiger partial charge >= 0.3 is 0 Å². The van der Waals surface area contributed by atoms with Gasteiger partial charge in [-0.3, -0.25) is 0 Å². The maximum absolute atomic E-state index is 10.1. The van der Waals surface area contributed by atoms with Crippen molar-refractivity contribution in [3.8, 4) is 0 Å². The van der Waals surface area contributed by atoms with Gasteiger partial charge in [-0.05, 0) is 43.4 Å². The van der Waals surface area contributed by atoms with Crippen LogP contribution in [-0.2, 0) is 4.74 Å². The van der Waals surface area contributed by atoms with Gasteiger partial charge in [-0.25, -0.2) is 0 Å². The summed E-state index contributed by atoms with van der Waals surface area (Å²) in [6.45, 7) is 5.27. The van der Waals surface area contributed by atoms with Crippen LogP contribution in [0.1, 0.15) is 38.2 Å². The maximum atomic E-state index is 10.1. The van der Waals surface area contributed by atoms with Gasteiger partial charge in [0.15, 0.2) is 0 Å². The van der Waals surface area contributed by atoms with E-state index in [2.05, 4.69) is 41.2 Å². The fraction of sp³-hybridized carbons (Fsp3) is 0.647. The summed E-state index contributed by atoms with van der Waals surface area (Å²) >= 11 is 3.46. The third-order valence-corrected chi connectivity index (χ3v) is 4.63. The molecule has 1 aromatic rings. The number of aryl methyl sites for hydroxylation is 1. The zero-order chi connectivity index (χ0) is 15.2. The largest absolute Gasteiger partial charge is 0.389 e. The molecule has 1 fully saturated rings. The van der Waals surface area contributed by atoms with E-state index in [1.807, 2.05) is 12.1 Å². The molecule has 0 radical (unpaired) electrons. The first kappa shape index (κ1) is 16.8. The fourth-order valence-electron chi connectivity index (χ4n) is 2.85. The van der Waals surface area contributed by atoms with Crippen LogP contribution in [0.4, 0.5) is 5.69 Å². The average Bonchev–Trinajstić information content (AvgIpc) is 2.46. The number of hydrogen-bond acceptors (Lipinski definition) is 3. The summed E-state index contributed by atoms with van der Waals surface area (Å²) in [6, 6.07) is 6.11. The molecule has 0 spiro atoms. The number of aliphatic hydroxyl groups is 1. The Balaban J connectivity index is 1.72. The topological polar surface area (TPSA) is 41.5 Å². The molecule has 0 bridgehead atoms. The smallest absolute Gasteiger partial charge is 0.0945 e. The Labute approximate surface area is 136 Å². The molecule has 0 saturated heterocycles. The second-order valence-electron chi connectivity index (χ2n) is 6.22. The molecule has 21 heavy (non-hydrogen) atoms. The van der Waals surface area contributed by atoms with Gasteiger partial charge in [0, 0.05) is 16.7 Å². The predicted molar refractivity (Wildman–Crippen MR) is 90.7 cm³/mol. The van der Waals surface area contributed by atoms with Crippen LogP contribution in [0, 0.1) is 12.8 Å². The van der Waals surface area contributed by atoms with Gasteiger partial charge in [0.05, 0.1) is 18.8 Å². The molecule has 2 rings (SSSR count). The quantitative estimate of drug-likeness (QED) is 0.806. The highest BCUT2D eigenvalue weighted by molar-refractivity contribution is 9.10. The zero-order valence-electron chi connectivity index (χ0n) is 12.9. The third-order valence-electron chi connectivity index (χ3n) is 4.14. The van der Waals surface area contributed by atoms with Crippen molar-refractivity contribution in [2.75, 3.05) is 18.5 Å². The van der Waals surface area contributed by atoms with Crippen molar-refractivity contribution in [1.82, 2.24) is 0 Å². The molecule has 1 aliphatic carbocycles. The Hall–Kier alpha value is -0.580. The highest BCUT2D eigenvalue weighted by Crippen LogP contribution is 2.25. The summed E-state index contributed by atoms with van der Waals surface area (Å²) < 4.78 is 6.90. The highest BCUT2D eigenvalue weighted by atomic mass is 79.9. The Morgan fingerprint density at radius 1 is 1.43 bits per heavy atom. The SMILES string of the molecule is Cc1ccc(Br)cc1NCC(O)COC1CCCC(C)C1. The van der Waals surface area contributed by atoms with Crippen LogP contribution in [0.25, 0.3) is 0 Å². The highest BCUT2D eigenvalue weighted by Gasteiger charge is 2.20. The number of aliphatic hydroxyl groups excluding tert-OH is 1. The molecular formula is C17H26BrNO2. The molecule has 0 heterocycles. The molecule has 2 N–H and O–H groups in total. The lowest BCUT2D eigenvalue weighted by Crippen LogP contribution is -2.30. The van der Waals surface area contributed by atoms with Gasteiger partial charge in [0.2, 0.25) is 0 Å². The molecule has 0 amide bonds. The van der Waals surface area contributed by atoms with Crippen molar-refractivity contribution < 1.29 is 9.84 Å². The van der Waals surface area contributed by atoms with Crippen molar-refractivity contribution in [3.05, 3.63) is 28.2 Å². The molecule has 1 aliphatic rings. The molecule has 3 nitrogen and oxygen atoms in total. The summed E-state index contributed by atoms with van der Waals surface area (Å²) in [5.74, 6) is 0.753. The Morgan fingerprint density at radius 3 is 3.00 bits per heavy atom. The lowest BCUT2D eigenvalue weighted by molar-refractivity contribution is -0.0274.